The molecule has 0 bridgehead atoms. The molecule has 4 heteroatoms. The number of thiophene rings is 1. The van der Waals surface area contributed by atoms with Crippen molar-refractivity contribution >= 4 is 11.3 Å². The molecule has 1 saturated heterocycles. The van der Waals surface area contributed by atoms with Crippen molar-refractivity contribution in [3.8, 4) is 0 Å². The van der Waals surface area contributed by atoms with E-state index >= 15 is 0 Å². The van der Waals surface area contributed by atoms with Crippen LogP contribution >= 0.6 is 11.3 Å². The summed E-state index contributed by atoms with van der Waals surface area (Å²) < 4.78 is 0. The van der Waals surface area contributed by atoms with E-state index in [0.29, 0.717) is 6.04 Å². The number of aliphatic hydroxyl groups is 1. The lowest BCUT2D eigenvalue weighted by molar-refractivity contribution is 0.120. The summed E-state index contributed by atoms with van der Waals surface area (Å²) in [4.78, 5) is 7.96. The molecule has 2 unspecified atom stereocenters. The van der Waals surface area contributed by atoms with Crippen LogP contribution in [0.4, 0.5) is 0 Å². The standard InChI is InChI=1S/C17H22N2OS/c1-13-14(5-2-8-18-13)12-19-9-3-6-15(19)11-16(20)17-7-4-10-21-17/h2,4-5,7-8,10,15-16,20H,3,6,9,11-12H2,1H3. The minimum atomic E-state index is -0.328. The molecule has 3 rings (SSSR count). The highest BCUT2D eigenvalue weighted by Crippen LogP contribution is 2.30. The van der Waals surface area contributed by atoms with Gasteiger partial charge in [-0.05, 0) is 55.8 Å². The molecular formula is C17H22N2OS. The van der Waals surface area contributed by atoms with Gasteiger partial charge in [-0.15, -0.1) is 11.3 Å². The van der Waals surface area contributed by atoms with Crippen LogP contribution in [0.3, 0.4) is 0 Å². The van der Waals surface area contributed by atoms with E-state index in [0.717, 1.165) is 30.1 Å². The van der Waals surface area contributed by atoms with Gasteiger partial charge in [0, 0.05) is 29.4 Å². The van der Waals surface area contributed by atoms with Gasteiger partial charge in [-0.3, -0.25) is 9.88 Å². The molecule has 0 aromatic carbocycles. The van der Waals surface area contributed by atoms with Crippen molar-refractivity contribution < 1.29 is 5.11 Å². The fraction of sp³-hybridized carbons (Fsp3) is 0.471. The summed E-state index contributed by atoms with van der Waals surface area (Å²) >= 11 is 1.64. The van der Waals surface area contributed by atoms with Crippen molar-refractivity contribution in [2.45, 2.75) is 44.9 Å². The Morgan fingerprint density at radius 2 is 2.33 bits per heavy atom. The molecule has 0 aliphatic carbocycles. The maximum Gasteiger partial charge on any atom is 0.0896 e. The second-order valence-electron chi connectivity index (χ2n) is 5.78. The van der Waals surface area contributed by atoms with Crippen LogP contribution in [0.25, 0.3) is 0 Å². The third-order valence-corrected chi connectivity index (χ3v) is 5.33. The first kappa shape index (κ1) is 14.7. The molecule has 2 aromatic rings. The molecule has 2 aromatic heterocycles. The van der Waals surface area contributed by atoms with Crippen LogP contribution in [0, 0.1) is 6.92 Å². The number of likely N-dealkylation sites (tertiary alicyclic amines) is 1. The zero-order valence-electron chi connectivity index (χ0n) is 12.4. The van der Waals surface area contributed by atoms with Crippen molar-refractivity contribution in [1.29, 1.82) is 0 Å². The average molecular weight is 302 g/mol. The van der Waals surface area contributed by atoms with Gasteiger partial charge in [0.1, 0.15) is 0 Å². The van der Waals surface area contributed by atoms with Gasteiger partial charge in [0.25, 0.3) is 0 Å². The number of hydrogen-bond acceptors (Lipinski definition) is 4. The molecule has 21 heavy (non-hydrogen) atoms. The summed E-state index contributed by atoms with van der Waals surface area (Å²) in [6.45, 7) is 4.14. The molecule has 2 atom stereocenters. The number of pyridine rings is 1. The molecule has 1 aliphatic rings. The zero-order valence-corrected chi connectivity index (χ0v) is 13.2. The normalized spacial score (nSPS) is 20.8. The van der Waals surface area contributed by atoms with Crippen LogP contribution in [0.1, 0.15) is 41.5 Å². The minimum Gasteiger partial charge on any atom is -0.388 e. The lowest BCUT2D eigenvalue weighted by Gasteiger charge is -2.26. The molecule has 0 saturated carbocycles. The Balaban J connectivity index is 1.64. The van der Waals surface area contributed by atoms with Gasteiger partial charge in [-0.25, -0.2) is 0 Å². The van der Waals surface area contributed by atoms with Gasteiger partial charge < -0.3 is 5.11 Å². The lowest BCUT2D eigenvalue weighted by atomic mass is 10.0. The predicted molar refractivity (Wildman–Crippen MR) is 86.3 cm³/mol. The quantitative estimate of drug-likeness (QED) is 0.918. The van der Waals surface area contributed by atoms with E-state index < -0.39 is 0 Å². The molecule has 112 valence electrons. The third kappa shape index (κ3) is 3.51. The van der Waals surface area contributed by atoms with Gasteiger partial charge in [0.15, 0.2) is 0 Å². The maximum absolute atomic E-state index is 10.4. The van der Waals surface area contributed by atoms with E-state index in [2.05, 4.69) is 22.9 Å². The number of aromatic nitrogens is 1. The first-order valence-corrected chi connectivity index (χ1v) is 8.48. The number of aliphatic hydroxyl groups excluding tert-OH is 1. The van der Waals surface area contributed by atoms with Crippen LogP contribution in [0.15, 0.2) is 35.8 Å². The topological polar surface area (TPSA) is 36.4 Å². The predicted octanol–water partition coefficient (Wildman–Crippen LogP) is 3.54. The third-order valence-electron chi connectivity index (χ3n) is 4.36. The summed E-state index contributed by atoms with van der Waals surface area (Å²) in [5, 5.41) is 12.4. The summed E-state index contributed by atoms with van der Waals surface area (Å²) in [5.41, 5.74) is 2.41. The fourth-order valence-electron chi connectivity index (χ4n) is 3.13. The molecule has 1 aliphatic heterocycles. The Morgan fingerprint density at radius 3 is 3.10 bits per heavy atom. The number of aryl methyl sites for hydroxylation is 1. The van der Waals surface area contributed by atoms with Crippen LogP contribution in [-0.2, 0) is 6.54 Å². The first-order valence-electron chi connectivity index (χ1n) is 7.60. The van der Waals surface area contributed by atoms with Crippen molar-refractivity contribution in [2.24, 2.45) is 0 Å². The Bertz CT molecular complexity index is 570. The molecule has 3 nitrogen and oxygen atoms in total. The number of hydrogen-bond donors (Lipinski definition) is 1. The summed E-state index contributed by atoms with van der Waals surface area (Å²) in [6, 6.07) is 8.68. The van der Waals surface area contributed by atoms with Crippen molar-refractivity contribution in [3.63, 3.8) is 0 Å². The Morgan fingerprint density at radius 1 is 1.43 bits per heavy atom. The molecule has 3 heterocycles. The second-order valence-corrected chi connectivity index (χ2v) is 6.76. The van der Waals surface area contributed by atoms with Crippen molar-refractivity contribution in [2.75, 3.05) is 6.54 Å². The van der Waals surface area contributed by atoms with Crippen molar-refractivity contribution in [1.82, 2.24) is 9.88 Å². The summed E-state index contributed by atoms with van der Waals surface area (Å²) in [7, 11) is 0. The largest absolute Gasteiger partial charge is 0.388 e. The van der Waals surface area contributed by atoms with E-state index in [1.807, 2.05) is 29.8 Å². The molecular weight excluding hydrogens is 280 g/mol. The fourth-order valence-corrected chi connectivity index (χ4v) is 3.85. The SMILES string of the molecule is Cc1ncccc1CN1CCCC1CC(O)c1cccs1. The Kier molecular flexibility index (Phi) is 4.68. The second kappa shape index (κ2) is 6.69. The van der Waals surface area contributed by atoms with E-state index in [1.165, 1.54) is 18.4 Å². The molecule has 1 fully saturated rings. The summed E-state index contributed by atoms with van der Waals surface area (Å²) in [5.74, 6) is 0. The summed E-state index contributed by atoms with van der Waals surface area (Å²) in [6.07, 6.45) is 4.76. The zero-order chi connectivity index (χ0) is 14.7. The molecule has 1 N–H and O–H groups in total. The highest BCUT2D eigenvalue weighted by atomic mass is 32.1. The van der Waals surface area contributed by atoms with E-state index in [1.54, 1.807) is 11.3 Å². The van der Waals surface area contributed by atoms with Gasteiger partial charge in [-0.2, -0.15) is 0 Å². The van der Waals surface area contributed by atoms with E-state index in [9.17, 15) is 5.11 Å². The maximum atomic E-state index is 10.4. The van der Waals surface area contributed by atoms with Gasteiger partial charge in [-0.1, -0.05) is 12.1 Å². The molecule has 0 radical (unpaired) electrons. The minimum absolute atomic E-state index is 0.328. The monoisotopic (exact) mass is 302 g/mol. The Hall–Kier alpha value is -1.23. The first-order chi connectivity index (χ1) is 10.2. The van der Waals surface area contributed by atoms with Crippen LogP contribution in [-0.4, -0.2) is 27.6 Å². The van der Waals surface area contributed by atoms with Crippen LogP contribution < -0.4 is 0 Å². The Labute approximate surface area is 130 Å². The van der Waals surface area contributed by atoms with Gasteiger partial charge in [0.05, 0.1) is 6.10 Å². The average Bonchev–Trinajstić information content (AvgIpc) is 3.13. The van der Waals surface area contributed by atoms with E-state index in [4.69, 9.17) is 0 Å². The molecule has 0 amide bonds. The lowest BCUT2D eigenvalue weighted by Crippen LogP contribution is -2.30. The smallest absolute Gasteiger partial charge is 0.0896 e. The van der Waals surface area contributed by atoms with E-state index in [-0.39, 0.29) is 6.10 Å². The highest BCUT2D eigenvalue weighted by molar-refractivity contribution is 7.10. The van der Waals surface area contributed by atoms with Crippen LogP contribution in [0.5, 0.6) is 0 Å². The van der Waals surface area contributed by atoms with Gasteiger partial charge in [0.2, 0.25) is 0 Å². The van der Waals surface area contributed by atoms with Crippen molar-refractivity contribution in [3.05, 3.63) is 52.0 Å². The molecule has 0 spiro atoms. The van der Waals surface area contributed by atoms with Crippen LogP contribution in [0.2, 0.25) is 0 Å². The number of rotatable bonds is 5. The number of nitrogens with zero attached hydrogens (tertiary/aromatic N) is 2. The van der Waals surface area contributed by atoms with Gasteiger partial charge >= 0.3 is 0 Å². The highest BCUT2D eigenvalue weighted by Gasteiger charge is 2.27.